The summed E-state index contributed by atoms with van der Waals surface area (Å²) in [5.74, 6) is 0. The van der Waals surface area contributed by atoms with Crippen LogP contribution in [0, 0.1) is 6.92 Å². The number of thiazole rings is 1. The van der Waals surface area contributed by atoms with Gasteiger partial charge in [-0.1, -0.05) is 0 Å². The van der Waals surface area contributed by atoms with Crippen LogP contribution in [-0.4, -0.2) is 10.1 Å². The molecule has 0 amide bonds. The first kappa shape index (κ1) is 11.3. The molecule has 2 heterocycles. The van der Waals surface area contributed by atoms with Gasteiger partial charge >= 0.3 is 0 Å². The van der Waals surface area contributed by atoms with Crippen LogP contribution in [0.25, 0.3) is 0 Å². The van der Waals surface area contributed by atoms with Crippen molar-refractivity contribution in [3.63, 3.8) is 0 Å². The van der Waals surface area contributed by atoms with Crippen LogP contribution in [0.5, 0.6) is 0 Å². The minimum Gasteiger partial charge on any atom is -0.387 e. The molecule has 0 radical (unpaired) electrons. The maximum Gasteiger partial charge on any atom is 0.0946 e. The molecular weight excluding hydrogens is 294 g/mol. The van der Waals surface area contributed by atoms with E-state index < -0.39 is 6.10 Å². The van der Waals surface area contributed by atoms with Crippen molar-refractivity contribution < 1.29 is 5.11 Å². The smallest absolute Gasteiger partial charge is 0.0946 e. The van der Waals surface area contributed by atoms with Crippen LogP contribution in [0.3, 0.4) is 0 Å². The molecule has 0 aliphatic rings. The number of thiophene rings is 1. The van der Waals surface area contributed by atoms with Gasteiger partial charge in [0.25, 0.3) is 0 Å². The Bertz CT molecular complexity index is 452. The van der Waals surface area contributed by atoms with Crippen LogP contribution in [0.2, 0.25) is 0 Å². The van der Waals surface area contributed by atoms with Crippen LogP contribution >= 0.6 is 38.6 Å². The molecular formula is C10H10BrNOS2. The molecule has 80 valence electrons. The van der Waals surface area contributed by atoms with Gasteiger partial charge in [-0.25, -0.2) is 4.98 Å². The van der Waals surface area contributed by atoms with Crippen molar-refractivity contribution in [2.75, 3.05) is 0 Å². The minimum atomic E-state index is -0.429. The lowest BCUT2D eigenvalue weighted by Gasteiger charge is -2.05. The van der Waals surface area contributed by atoms with Crippen molar-refractivity contribution in [3.8, 4) is 0 Å². The second kappa shape index (κ2) is 4.74. The first-order valence-electron chi connectivity index (χ1n) is 4.50. The van der Waals surface area contributed by atoms with Crippen LogP contribution < -0.4 is 0 Å². The lowest BCUT2D eigenvalue weighted by molar-refractivity contribution is 0.183. The Labute approximate surface area is 105 Å². The molecule has 0 aromatic carbocycles. The summed E-state index contributed by atoms with van der Waals surface area (Å²) < 4.78 is 1.10. The average Bonchev–Trinajstić information content (AvgIpc) is 2.75. The maximum atomic E-state index is 9.96. The highest BCUT2D eigenvalue weighted by atomic mass is 79.9. The van der Waals surface area contributed by atoms with E-state index in [1.165, 1.54) is 4.88 Å². The zero-order chi connectivity index (χ0) is 10.8. The molecule has 1 N–H and O–H groups in total. The van der Waals surface area contributed by atoms with Gasteiger partial charge in [0.2, 0.25) is 0 Å². The Morgan fingerprint density at radius 3 is 2.80 bits per heavy atom. The molecule has 15 heavy (non-hydrogen) atoms. The van der Waals surface area contributed by atoms with Gasteiger partial charge in [0.05, 0.1) is 19.8 Å². The summed E-state index contributed by atoms with van der Waals surface area (Å²) in [5.41, 5.74) is 0. The molecule has 0 spiro atoms. The molecule has 2 rings (SSSR count). The molecule has 2 nitrogen and oxygen atoms in total. The number of rotatable bonds is 3. The van der Waals surface area contributed by atoms with Crippen LogP contribution in [0.1, 0.15) is 20.9 Å². The first-order valence-corrected chi connectivity index (χ1v) is 6.92. The Kier molecular flexibility index (Phi) is 3.56. The van der Waals surface area contributed by atoms with Crippen LogP contribution in [-0.2, 0) is 6.42 Å². The standard InChI is InChI=1S/C10H10BrNOS2/c1-6-12-5-9(14-6)8(13)4-7-2-3-10(11)15-7/h2-3,5,8,13H,4H2,1H3. The van der Waals surface area contributed by atoms with E-state index in [1.807, 2.05) is 19.1 Å². The molecule has 0 saturated carbocycles. The van der Waals surface area contributed by atoms with E-state index in [0.717, 1.165) is 13.7 Å². The third-order valence-electron chi connectivity index (χ3n) is 1.99. The summed E-state index contributed by atoms with van der Waals surface area (Å²) in [4.78, 5) is 6.26. The minimum absolute atomic E-state index is 0.429. The summed E-state index contributed by atoms with van der Waals surface area (Å²) in [7, 11) is 0. The van der Waals surface area contributed by atoms with Crippen LogP contribution in [0.15, 0.2) is 22.1 Å². The highest BCUT2D eigenvalue weighted by Gasteiger charge is 2.12. The van der Waals surface area contributed by atoms with E-state index in [2.05, 4.69) is 20.9 Å². The van der Waals surface area contributed by atoms with Gasteiger partial charge in [0.15, 0.2) is 0 Å². The van der Waals surface area contributed by atoms with E-state index >= 15 is 0 Å². The fraction of sp³-hybridized carbons (Fsp3) is 0.300. The topological polar surface area (TPSA) is 33.1 Å². The van der Waals surface area contributed by atoms with Gasteiger partial charge in [0, 0.05) is 17.5 Å². The number of hydrogen-bond donors (Lipinski definition) is 1. The van der Waals surface area contributed by atoms with Crippen molar-refractivity contribution in [2.24, 2.45) is 0 Å². The second-order valence-electron chi connectivity index (χ2n) is 3.21. The zero-order valence-electron chi connectivity index (χ0n) is 8.11. The number of nitrogens with zero attached hydrogens (tertiary/aromatic N) is 1. The largest absolute Gasteiger partial charge is 0.387 e. The van der Waals surface area contributed by atoms with Crippen molar-refractivity contribution in [3.05, 3.63) is 36.9 Å². The third-order valence-corrected chi connectivity index (χ3v) is 4.65. The predicted molar refractivity (Wildman–Crippen MR) is 67.5 cm³/mol. The number of hydrogen-bond acceptors (Lipinski definition) is 4. The lowest BCUT2D eigenvalue weighted by Crippen LogP contribution is -1.97. The molecule has 1 atom stereocenters. The molecule has 1 unspecified atom stereocenters. The number of halogens is 1. The van der Waals surface area contributed by atoms with Gasteiger partial charge in [-0.3, -0.25) is 0 Å². The Balaban J connectivity index is 2.06. The predicted octanol–water partition coefficient (Wildman–Crippen LogP) is 3.55. The number of aromatic nitrogens is 1. The quantitative estimate of drug-likeness (QED) is 0.940. The van der Waals surface area contributed by atoms with Gasteiger partial charge in [-0.2, -0.15) is 0 Å². The van der Waals surface area contributed by atoms with Crippen molar-refractivity contribution >= 4 is 38.6 Å². The second-order valence-corrected chi connectivity index (χ2v) is 7.02. The lowest BCUT2D eigenvalue weighted by atomic mass is 10.2. The maximum absolute atomic E-state index is 9.96. The fourth-order valence-electron chi connectivity index (χ4n) is 1.28. The summed E-state index contributed by atoms with van der Waals surface area (Å²) in [6.45, 7) is 1.95. The van der Waals surface area contributed by atoms with E-state index in [4.69, 9.17) is 0 Å². The first-order chi connectivity index (χ1) is 7.15. The average molecular weight is 304 g/mol. The Morgan fingerprint density at radius 2 is 2.27 bits per heavy atom. The number of aliphatic hydroxyl groups excluding tert-OH is 1. The number of aliphatic hydroxyl groups is 1. The summed E-state index contributed by atoms with van der Waals surface area (Å²) in [5, 5.41) is 11.0. The molecule has 0 bridgehead atoms. The summed E-state index contributed by atoms with van der Waals surface area (Å²) in [6.07, 6.45) is 1.99. The van der Waals surface area contributed by atoms with Crippen molar-refractivity contribution in [2.45, 2.75) is 19.4 Å². The normalized spacial score (nSPS) is 13.0. The molecule has 0 fully saturated rings. The van der Waals surface area contributed by atoms with Gasteiger partial charge in [-0.15, -0.1) is 22.7 Å². The highest BCUT2D eigenvalue weighted by Crippen LogP contribution is 2.28. The molecule has 5 heteroatoms. The molecule has 0 saturated heterocycles. The summed E-state index contributed by atoms with van der Waals surface area (Å²) in [6, 6.07) is 4.04. The van der Waals surface area contributed by atoms with Crippen LogP contribution in [0.4, 0.5) is 0 Å². The molecule has 0 aliphatic heterocycles. The van der Waals surface area contributed by atoms with Gasteiger partial charge < -0.3 is 5.11 Å². The van der Waals surface area contributed by atoms with Gasteiger partial charge in [0.1, 0.15) is 0 Å². The third kappa shape index (κ3) is 2.87. The number of aryl methyl sites for hydroxylation is 1. The molecule has 2 aromatic rings. The zero-order valence-corrected chi connectivity index (χ0v) is 11.3. The van der Waals surface area contributed by atoms with E-state index in [0.29, 0.717) is 6.42 Å². The van der Waals surface area contributed by atoms with E-state index in [9.17, 15) is 5.11 Å². The Morgan fingerprint density at radius 1 is 1.47 bits per heavy atom. The fourth-order valence-corrected chi connectivity index (χ4v) is 3.58. The highest BCUT2D eigenvalue weighted by molar-refractivity contribution is 9.11. The van der Waals surface area contributed by atoms with Crippen molar-refractivity contribution in [1.29, 1.82) is 0 Å². The van der Waals surface area contributed by atoms with E-state index in [-0.39, 0.29) is 0 Å². The SMILES string of the molecule is Cc1ncc(C(O)Cc2ccc(Br)s2)s1. The van der Waals surface area contributed by atoms with E-state index in [1.54, 1.807) is 28.9 Å². The molecule has 0 aliphatic carbocycles. The summed E-state index contributed by atoms with van der Waals surface area (Å²) >= 11 is 6.62. The monoisotopic (exact) mass is 303 g/mol. The van der Waals surface area contributed by atoms with Gasteiger partial charge in [-0.05, 0) is 35.0 Å². The van der Waals surface area contributed by atoms with Crippen molar-refractivity contribution in [1.82, 2.24) is 4.98 Å². The molecule has 2 aromatic heterocycles. The Hall–Kier alpha value is -0.230.